The first kappa shape index (κ1) is 13.7. The molecule has 1 atom stereocenters. The van der Waals surface area contributed by atoms with Crippen molar-refractivity contribution in [2.24, 2.45) is 5.92 Å². The predicted octanol–water partition coefficient (Wildman–Crippen LogP) is 2.98. The van der Waals surface area contributed by atoms with Gasteiger partial charge in [-0.3, -0.25) is 4.90 Å². The Morgan fingerprint density at radius 2 is 2.31 bits per heavy atom. The first-order valence-corrected chi connectivity index (χ1v) is 7.04. The molecular weight excluding hydrogens is 218 g/mol. The normalized spacial score (nSPS) is 13.2. The van der Waals surface area contributed by atoms with Crippen LogP contribution in [-0.4, -0.2) is 29.7 Å². The Morgan fingerprint density at radius 3 is 2.88 bits per heavy atom. The molecule has 0 aliphatic rings. The summed E-state index contributed by atoms with van der Waals surface area (Å²) in [5, 5.41) is 13.4. The molecule has 2 nitrogen and oxygen atoms in total. The minimum absolute atomic E-state index is 0.253. The Bertz CT molecular complexity index is 261. The zero-order valence-electron chi connectivity index (χ0n) is 10.4. The van der Waals surface area contributed by atoms with Gasteiger partial charge in [-0.05, 0) is 34.7 Å². The molecule has 0 saturated carbocycles. The Balaban J connectivity index is 2.40. The van der Waals surface area contributed by atoms with Crippen molar-refractivity contribution >= 4 is 11.3 Å². The van der Waals surface area contributed by atoms with Crippen LogP contribution in [0.15, 0.2) is 16.8 Å². The fourth-order valence-electron chi connectivity index (χ4n) is 2.04. The van der Waals surface area contributed by atoms with Crippen LogP contribution >= 0.6 is 11.3 Å². The average molecular weight is 241 g/mol. The zero-order chi connectivity index (χ0) is 11.8. The quantitative estimate of drug-likeness (QED) is 0.756. The molecular formula is C13H23NOS. The SMILES string of the molecule is CCCC(C)CN(CCO)Cc1ccsc1. The first-order chi connectivity index (χ1) is 7.76. The number of aliphatic hydroxyl groups excluding tert-OH is 1. The van der Waals surface area contributed by atoms with Crippen molar-refractivity contribution in [3.8, 4) is 0 Å². The average Bonchev–Trinajstić information content (AvgIpc) is 2.71. The summed E-state index contributed by atoms with van der Waals surface area (Å²) >= 11 is 1.74. The second-order valence-electron chi connectivity index (χ2n) is 4.48. The highest BCUT2D eigenvalue weighted by Gasteiger charge is 2.10. The van der Waals surface area contributed by atoms with E-state index < -0.39 is 0 Å². The van der Waals surface area contributed by atoms with Gasteiger partial charge in [0, 0.05) is 19.6 Å². The number of aliphatic hydroxyl groups is 1. The lowest BCUT2D eigenvalue weighted by molar-refractivity contribution is 0.170. The lowest BCUT2D eigenvalue weighted by Gasteiger charge is -2.24. The van der Waals surface area contributed by atoms with E-state index in [1.807, 2.05) is 0 Å². The summed E-state index contributed by atoms with van der Waals surface area (Å²) in [5.41, 5.74) is 1.36. The molecule has 1 heterocycles. The maximum atomic E-state index is 9.07. The first-order valence-electron chi connectivity index (χ1n) is 6.10. The van der Waals surface area contributed by atoms with Crippen molar-refractivity contribution in [3.05, 3.63) is 22.4 Å². The van der Waals surface area contributed by atoms with E-state index in [2.05, 4.69) is 35.6 Å². The highest BCUT2D eigenvalue weighted by Crippen LogP contribution is 2.13. The molecule has 1 aromatic heterocycles. The fourth-order valence-corrected chi connectivity index (χ4v) is 2.70. The Morgan fingerprint density at radius 1 is 1.50 bits per heavy atom. The van der Waals surface area contributed by atoms with Crippen molar-refractivity contribution < 1.29 is 5.11 Å². The fraction of sp³-hybridized carbons (Fsp3) is 0.692. The van der Waals surface area contributed by atoms with Crippen LogP contribution in [0.2, 0.25) is 0 Å². The molecule has 16 heavy (non-hydrogen) atoms. The third-order valence-electron chi connectivity index (χ3n) is 2.75. The highest BCUT2D eigenvalue weighted by molar-refractivity contribution is 7.07. The summed E-state index contributed by atoms with van der Waals surface area (Å²) in [4.78, 5) is 2.35. The van der Waals surface area contributed by atoms with Gasteiger partial charge in [0.25, 0.3) is 0 Å². The number of thiophene rings is 1. The lowest BCUT2D eigenvalue weighted by Crippen LogP contribution is -2.30. The molecule has 3 heteroatoms. The molecule has 92 valence electrons. The van der Waals surface area contributed by atoms with Gasteiger partial charge < -0.3 is 5.11 Å². The molecule has 0 aliphatic heterocycles. The van der Waals surface area contributed by atoms with Gasteiger partial charge in [-0.25, -0.2) is 0 Å². The summed E-state index contributed by atoms with van der Waals surface area (Å²) in [6.45, 7) is 7.61. The van der Waals surface area contributed by atoms with Crippen molar-refractivity contribution in [1.82, 2.24) is 4.90 Å². The van der Waals surface area contributed by atoms with Gasteiger partial charge in [0.2, 0.25) is 0 Å². The smallest absolute Gasteiger partial charge is 0.0558 e. The molecule has 0 radical (unpaired) electrons. The molecule has 1 aromatic rings. The highest BCUT2D eigenvalue weighted by atomic mass is 32.1. The van der Waals surface area contributed by atoms with Gasteiger partial charge in [-0.2, -0.15) is 11.3 Å². The monoisotopic (exact) mass is 241 g/mol. The van der Waals surface area contributed by atoms with Crippen LogP contribution in [0.25, 0.3) is 0 Å². The third kappa shape index (κ3) is 5.10. The van der Waals surface area contributed by atoms with Crippen LogP contribution in [-0.2, 0) is 6.54 Å². The van der Waals surface area contributed by atoms with Gasteiger partial charge in [0.15, 0.2) is 0 Å². The van der Waals surface area contributed by atoms with Crippen LogP contribution in [0.3, 0.4) is 0 Å². The maximum absolute atomic E-state index is 9.07. The van der Waals surface area contributed by atoms with Crippen molar-refractivity contribution in [1.29, 1.82) is 0 Å². The van der Waals surface area contributed by atoms with E-state index in [-0.39, 0.29) is 6.61 Å². The zero-order valence-corrected chi connectivity index (χ0v) is 11.2. The molecule has 1 N–H and O–H groups in total. The van der Waals surface area contributed by atoms with Crippen LogP contribution in [0, 0.1) is 5.92 Å². The summed E-state index contributed by atoms with van der Waals surface area (Å²) in [6.07, 6.45) is 2.51. The predicted molar refractivity (Wildman–Crippen MR) is 70.8 cm³/mol. The second-order valence-corrected chi connectivity index (χ2v) is 5.26. The van der Waals surface area contributed by atoms with Crippen LogP contribution in [0.4, 0.5) is 0 Å². The Hall–Kier alpha value is -0.380. The lowest BCUT2D eigenvalue weighted by atomic mass is 10.1. The van der Waals surface area contributed by atoms with E-state index in [9.17, 15) is 0 Å². The second kappa shape index (κ2) is 7.82. The maximum Gasteiger partial charge on any atom is 0.0558 e. The number of hydrogen-bond donors (Lipinski definition) is 1. The van der Waals surface area contributed by atoms with Gasteiger partial charge >= 0.3 is 0 Å². The van der Waals surface area contributed by atoms with E-state index in [0.29, 0.717) is 0 Å². The number of rotatable bonds is 8. The minimum Gasteiger partial charge on any atom is -0.395 e. The molecule has 0 spiro atoms. The Labute approximate surface area is 103 Å². The minimum atomic E-state index is 0.253. The van der Waals surface area contributed by atoms with Crippen molar-refractivity contribution in [2.75, 3.05) is 19.7 Å². The molecule has 0 saturated heterocycles. The van der Waals surface area contributed by atoms with E-state index in [0.717, 1.165) is 25.6 Å². The molecule has 0 bridgehead atoms. The van der Waals surface area contributed by atoms with Gasteiger partial charge in [-0.1, -0.05) is 20.3 Å². The Kier molecular flexibility index (Phi) is 6.69. The molecule has 0 aliphatic carbocycles. The van der Waals surface area contributed by atoms with E-state index >= 15 is 0 Å². The molecule has 0 fully saturated rings. The molecule has 1 unspecified atom stereocenters. The largest absolute Gasteiger partial charge is 0.395 e. The summed E-state index contributed by atoms with van der Waals surface area (Å²) in [5.74, 6) is 0.718. The van der Waals surface area contributed by atoms with Gasteiger partial charge in [0.1, 0.15) is 0 Å². The van der Waals surface area contributed by atoms with Gasteiger partial charge in [-0.15, -0.1) is 0 Å². The summed E-state index contributed by atoms with van der Waals surface area (Å²) < 4.78 is 0. The van der Waals surface area contributed by atoms with E-state index in [1.54, 1.807) is 11.3 Å². The van der Waals surface area contributed by atoms with Crippen LogP contribution < -0.4 is 0 Å². The number of nitrogens with zero attached hydrogens (tertiary/aromatic N) is 1. The van der Waals surface area contributed by atoms with Gasteiger partial charge in [0.05, 0.1) is 6.61 Å². The van der Waals surface area contributed by atoms with Crippen molar-refractivity contribution in [2.45, 2.75) is 33.2 Å². The summed E-state index contributed by atoms with van der Waals surface area (Å²) in [7, 11) is 0. The van der Waals surface area contributed by atoms with Crippen LogP contribution in [0.1, 0.15) is 32.3 Å². The molecule has 1 rings (SSSR count). The number of hydrogen-bond acceptors (Lipinski definition) is 3. The molecule has 0 amide bonds. The summed E-state index contributed by atoms with van der Waals surface area (Å²) in [6, 6.07) is 2.17. The topological polar surface area (TPSA) is 23.5 Å². The van der Waals surface area contributed by atoms with E-state index in [4.69, 9.17) is 5.11 Å². The standard InChI is InChI=1S/C13H23NOS/c1-3-4-12(2)9-14(6-7-15)10-13-5-8-16-11-13/h5,8,11-12,15H,3-4,6-7,9-10H2,1-2H3. The van der Waals surface area contributed by atoms with E-state index in [1.165, 1.54) is 18.4 Å². The van der Waals surface area contributed by atoms with Crippen molar-refractivity contribution in [3.63, 3.8) is 0 Å². The third-order valence-corrected chi connectivity index (χ3v) is 3.49. The van der Waals surface area contributed by atoms with Crippen LogP contribution in [0.5, 0.6) is 0 Å². The molecule has 0 aromatic carbocycles.